The van der Waals surface area contributed by atoms with Gasteiger partial charge in [0.1, 0.15) is 11.6 Å². The van der Waals surface area contributed by atoms with Crippen molar-refractivity contribution in [2.24, 2.45) is 5.73 Å². The Kier molecular flexibility index (Phi) is 7.04. The first-order valence-electron chi connectivity index (χ1n) is 13.7. The van der Waals surface area contributed by atoms with E-state index in [0.29, 0.717) is 29.8 Å². The van der Waals surface area contributed by atoms with Crippen molar-refractivity contribution in [3.8, 4) is 5.69 Å². The van der Waals surface area contributed by atoms with Gasteiger partial charge in [0.15, 0.2) is 0 Å². The summed E-state index contributed by atoms with van der Waals surface area (Å²) >= 11 is 0. The number of hydrogen-bond donors (Lipinski definition) is 3. The molecule has 40 heavy (non-hydrogen) atoms. The van der Waals surface area contributed by atoms with E-state index >= 15 is 0 Å². The fraction of sp³-hybridized carbons (Fsp3) is 0.290. The lowest BCUT2D eigenvalue weighted by Crippen LogP contribution is -2.47. The Morgan fingerprint density at radius 2 is 1.85 bits per heavy atom. The Bertz CT molecular complexity index is 1580. The monoisotopic (exact) mass is 536 g/mol. The normalized spacial score (nSPS) is 19.9. The standard InChI is InChI=1S/C31H32N6O3/c32-30(39)25-8-3-6-23-19-37(35-29(23)25)24-12-10-20(11-13-24)21-7-4-16-36(17-21)18-22-5-1-2-9-26(22)33-27-14-15-28(38)34-31(27)40/h1-3,5-6,8-13,19,21,27,33H,4,7,14-18H2,(H2,32,39)(H,34,38,40)/t21-,27?/m1/s1. The third kappa shape index (κ3) is 5.33. The SMILES string of the molecule is NC(=O)c1cccc2cn(-c3ccc([C@@H]4CCCN(Cc5ccccc5NC5CCC(=O)NC5=O)C4)cc3)nc12. The average molecular weight is 537 g/mol. The Labute approximate surface area is 232 Å². The van der Waals surface area contributed by atoms with Gasteiger partial charge in [-0.15, -0.1) is 0 Å². The van der Waals surface area contributed by atoms with Crippen LogP contribution in [0.5, 0.6) is 0 Å². The topological polar surface area (TPSA) is 122 Å². The second-order valence-electron chi connectivity index (χ2n) is 10.7. The van der Waals surface area contributed by atoms with Gasteiger partial charge in [-0.2, -0.15) is 5.10 Å². The number of carbonyl (C=O) groups excluding carboxylic acids is 3. The number of para-hydroxylation sites is 1. The molecule has 2 aliphatic heterocycles. The number of carbonyl (C=O) groups is 3. The zero-order valence-electron chi connectivity index (χ0n) is 22.2. The zero-order chi connectivity index (χ0) is 27.6. The summed E-state index contributed by atoms with van der Waals surface area (Å²) in [5.41, 5.74) is 10.9. The number of nitrogens with two attached hydrogens (primary N) is 1. The number of fused-ring (bicyclic) bond motifs is 1. The molecular formula is C31H32N6O3. The smallest absolute Gasteiger partial charge is 0.250 e. The number of nitrogens with zero attached hydrogens (tertiary/aromatic N) is 3. The summed E-state index contributed by atoms with van der Waals surface area (Å²) in [6, 6.07) is 21.6. The number of imide groups is 1. The van der Waals surface area contributed by atoms with E-state index in [-0.39, 0.29) is 11.8 Å². The Balaban J connectivity index is 1.14. The first kappa shape index (κ1) is 25.8. The van der Waals surface area contributed by atoms with Crippen molar-refractivity contribution >= 4 is 34.3 Å². The molecule has 4 N–H and O–H groups in total. The van der Waals surface area contributed by atoms with Crippen LogP contribution in [0, 0.1) is 0 Å². The fourth-order valence-corrected chi connectivity index (χ4v) is 5.81. The van der Waals surface area contributed by atoms with Crippen molar-refractivity contribution < 1.29 is 14.4 Å². The van der Waals surface area contributed by atoms with Crippen molar-refractivity contribution in [3.63, 3.8) is 0 Å². The lowest BCUT2D eigenvalue weighted by molar-refractivity contribution is -0.133. The van der Waals surface area contributed by atoms with Gasteiger partial charge in [-0.25, -0.2) is 4.68 Å². The molecule has 204 valence electrons. The second-order valence-corrected chi connectivity index (χ2v) is 10.7. The average Bonchev–Trinajstić information content (AvgIpc) is 3.40. The van der Waals surface area contributed by atoms with E-state index in [2.05, 4.69) is 51.0 Å². The molecule has 2 atom stereocenters. The van der Waals surface area contributed by atoms with Crippen LogP contribution >= 0.6 is 0 Å². The van der Waals surface area contributed by atoms with E-state index in [0.717, 1.165) is 54.8 Å². The maximum Gasteiger partial charge on any atom is 0.250 e. The van der Waals surface area contributed by atoms with Crippen LogP contribution in [0.1, 0.15) is 53.1 Å². The van der Waals surface area contributed by atoms with Crippen LogP contribution < -0.4 is 16.4 Å². The summed E-state index contributed by atoms with van der Waals surface area (Å²) in [4.78, 5) is 38.1. The van der Waals surface area contributed by atoms with Crippen molar-refractivity contribution in [1.82, 2.24) is 20.0 Å². The molecule has 3 aromatic carbocycles. The summed E-state index contributed by atoms with van der Waals surface area (Å²) in [5.74, 6) is -0.540. The minimum absolute atomic E-state index is 0.209. The fourth-order valence-electron chi connectivity index (χ4n) is 5.81. The molecule has 3 amide bonds. The van der Waals surface area contributed by atoms with Gasteiger partial charge < -0.3 is 11.1 Å². The molecule has 9 nitrogen and oxygen atoms in total. The summed E-state index contributed by atoms with van der Waals surface area (Å²) in [7, 11) is 0. The highest BCUT2D eigenvalue weighted by atomic mass is 16.2. The van der Waals surface area contributed by atoms with E-state index in [1.807, 2.05) is 36.5 Å². The molecule has 2 aliphatic rings. The zero-order valence-corrected chi connectivity index (χ0v) is 22.2. The van der Waals surface area contributed by atoms with Crippen LogP contribution in [0.4, 0.5) is 5.69 Å². The van der Waals surface area contributed by atoms with Gasteiger partial charge in [0, 0.05) is 36.8 Å². The third-order valence-corrected chi connectivity index (χ3v) is 7.92. The lowest BCUT2D eigenvalue weighted by atomic mass is 9.90. The first-order valence-corrected chi connectivity index (χ1v) is 13.7. The van der Waals surface area contributed by atoms with Gasteiger partial charge >= 0.3 is 0 Å². The number of rotatable bonds is 7. The predicted octanol–water partition coefficient (Wildman–Crippen LogP) is 3.72. The summed E-state index contributed by atoms with van der Waals surface area (Å²) in [6.45, 7) is 2.75. The number of anilines is 1. The molecule has 9 heteroatoms. The van der Waals surface area contributed by atoms with Gasteiger partial charge in [0.05, 0.1) is 11.3 Å². The van der Waals surface area contributed by atoms with Crippen LogP contribution in [-0.2, 0) is 16.1 Å². The number of piperidine rings is 2. The van der Waals surface area contributed by atoms with Crippen molar-refractivity contribution in [2.75, 3.05) is 18.4 Å². The molecule has 1 unspecified atom stereocenters. The maximum absolute atomic E-state index is 12.3. The second kappa shape index (κ2) is 10.9. The van der Waals surface area contributed by atoms with Gasteiger partial charge in [-0.05, 0) is 67.1 Å². The molecule has 0 radical (unpaired) electrons. The minimum Gasteiger partial charge on any atom is -0.373 e. The van der Waals surface area contributed by atoms with Gasteiger partial charge in [0.25, 0.3) is 5.91 Å². The van der Waals surface area contributed by atoms with Crippen molar-refractivity contribution in [2.45, 2.75) is 44.2 Å². The number of likely N-dealkylation sites (tertiary alicyclic amines) is 1. The van der Waals surface area contributed by atoms with Gasteiger partial charge in [0.2, 0.25) is 11.8 Å². The molecular weight excluding hydrogens is 504 g/mol. The van der Waals surface area contributed by atoms with Crippen LogP contribution in [0.3, 0.4) is 0 Å². The van der Waals surface area contributed by atoms with E-state index in [1.165, 1.54) is 5.56 Å². The molecule has 6 rings (SSSR count). The number of aromatic nitrogens is 2. The van der Waals surface area contributed by atoms with Gasteiger partial charge in [-0.3, -0.25) is 24.6 Å². The molecule has 0 aliphatic carbocycles. The molecule has 0 saturated carbocycles. The summed E-state index contributed by atoms with van der Waals surface area (Å²) < 4.78 is 1.79. The van der Waals surface area contributed by atoms with E-state index in [4.69, 9.17) is 5.73 Å². The highest BCUT2D eigenvalue weighted by Gasteiger charge is 2.27. The Hall–Kier alpha value is -4.50. The van der Waals surface area contributed by atoms with Crippen LogP contribution in [0.25, 0.3) is 16.6 Å². The molecule has 0 bridgehead atoms. The first-order chi connectivity index (χ1) is 19.4. The van der Waals surface area contributed by atoms with E-state index < -0.39 is 11.9 Å². The van der Waals surface area contributed by atoms with Crippen molar-refractivity contribution in [1.29, 1.82) is 0 Å². The maximum atomic E-state index is 12.3. The Morgan fingerprint density at radius 1 is 1.02 bits per heavy atom. The van der Waals surface area contributed by atoms with Crippen LogP contribution in [-0.4, -0.2) is 51.5 Å². The molecule has 0 spiro atoms. The number of nitrogens with one attached hydrogen (secondary N) is 2. The third-order valence-electron chi connectivity index (χ3n) is 7.92. The highest BCUT2D eigenvalue weighted by molar-refractivity contribution is 6.04. The van der Waals surface area contributed by atoms with Crippen LogP contribution in [0.15, 0.2) is 72.9 Å². The highest BCUT2D eigenvalue weighted by Crippen LogP contribution is 2.30. The summed E-state index contributed by atoms with van der Waals surface area (Å²) in [5, 5.41) is 11.3. The number of amides is 3. The number of primary amides is 1. The van der Waals surface area contributed by atoms with Crippen molar-refractivity contribution in [3.05, 3.63) is 89.6 Å². The van der Waals surface area contributed by atoms with Gasteiger partial charge in [-0.1, -0.05) is 42.5 Å². The van der Waals surface area contributed by atoms with Crippen LogP contribution in [0.2, 0.25) is 0 Å². The quantitative estimate of drug-likeness (QED) is 0.310. The lowest BCUT2D eigenvalue weighted by Gasteiger charge is -2.34. The molecule has 2 saturated heterocycles. The van der Waals surface area contributed by atoms with E-state index in [1.54, 1.807) is 10.7 Å². The number of hydrogen-bond acceptors (Lipinski definition) is 6. The molecule has 4 aromatic rings. The predicted molar refractivity (Wildman–Crippen MR) is 153 cm³/mol. The largest absolute Gasteiger partial charge is 0.373 e. The summed E-state index contributed by atoms with van der Waals surface area (Å²) in [6.07, 6.45) is 5.00. The minimum atomic E-state index is -0.484. The molecule has 2 fully saturated rings. The Morgan fingerprint density at radius 3 is 2.65 bits per heavy atom. The molecule has 1 aromatic heterocycles. The van der Waals surface area contributed by atoms with E-state index in [9.17, 15) is 14.4 Å². The molecule has 3 heterocycles. The number of benzene rings is 3.